The molecule has 0 spiro atoms. The highest BCUT2D eigenvalue weighted by molar-refractivity contribution is 7.24. The molecule has 0 aliphatic rings. The number of hydrogen-bond acceptors (Lipinski definition) is 1. The molecule has 14 heavy (non-hydrogen) atoms. The van der Waals surface area contributed by atoms with E-state index in [9.17, 15) is 4.79 Å². The Morgan fingerprint density at radius 3 is 2.36 bits per heavy atom. The van der Waals surface area contributed by atoms with Crippen LogP contribution in [0.1, 0.15) is 10.4 Å². The van der Waals surface area contributed by atoms with Gasteiger partial charge in [-0.05, 0) is 0 Å². The number of Topliss-reactive ketones (excluding diaryl/α,β-unsaturated/α-hetero) is 1. The highest BCUT2D eigenvalue weighted by atomic mass is 29.2. The summed E-state index contributed by atoms with van der Waals surface area (Å²) in [7, 11) is -0.305. The molecule has 74 valence electrons. The van der Waals surface area contributed by atoms with E-state index in [1.54, 1.807) is 0 Å². The van der Waals surface area contributed by atoms with Crippen LogP contribution in [0.5, 0.6) is 0 Å². The summed E-state index contributed by atoms with van der Waals surface area (Å²) in [5.74, 6) is 0.316. The minimum Gasteiger partial charge on any atom is -0.295 e. The van der Waals surface area contributed by atoms with Crippen molar-refractivity contribution in [2.24, 2.45) is 0 Å². The van der Waals surface area contributed by atoms with Crippen molar-refractivity contribution in [2.45, 2.75) is 25.7 Å². The van der Waals surface area contributed by atoms with Crippen LogP contribution in [-0.2, 0) is 0 Å². The van der Waals surface area contributed by atoms with Gasteiger partial charge in [-0.25, -0.2) is 0 Å². The van der Waals surface area contributed by atoms with E-state index < -0.39 is 7.59 Å². The van der Waals surface area contributed by atoms with Crippen LogP contribution in [0, 0.1) is 0 Å². The molecule has 0 heterocycles. The summed E-state index contributed by atoms with van der Waals surface area (Å²) < 4.78 is 0. The molecule has 0 amide bonds. The van der Waals surface area contributed by atoms with E-state index in [1.807, 2.05) is 30.3 Å². The van der Waals surface area contributed by atoms with E-state index in [2.05, 4.69) is 19.6 Å². The van der Waals surface area contributed by atoms with E-state index in [0.29, 0.717) is 5.78 Å². The molecule has 0 bridgehead atoms. The standard InChI is InChI=1S/C11H16OSi2/c1-13-14(2,3)9-11(12)10-7-5-4-6-8-10/h4-8H,9H2,1-3H3. The summed E-state index contributed by atoms with van der Waals surface area (Å²) in [6.07, 6.45) is 0. The van der Waals surface area contributed by atoms with Gasteiger partial charge in [0.25, 0.3) is 0 Å². The van der Waals surface area contributed by atoms with Crippen molar-refractivity contribution in [1.82, 2.24) is 0 Å². The smallest absolute Gasteiger partial charge is 0.159 e. The minimum atomic E-state index is -1.24. The normalized spacial score (nSPS) is 11.4. The number of carbonyl (C=O) groups is 1. The number of ketones is 1. The molecule has 0 aromatic heterocycles. The Morgan fingerprint density at radius 2 is 1.86 bits per heavy atom. The van der Waals surface area contributed by atoms with Gasteiger partial charge in [0.15, 0.2) is 5.78 Å². The number of rotatable bonds is 4. The minimum absolute atomic E-state index is 0.316. The van der Waals surface area contributed by atoms with Crippen molar-refractivity contribution in [3.63, 3.8) is 0 Å². The topological polar surface area (TPSA) is 17.1 Å². The molecule has 0 aliphatic carbocycles. The molecule has 0 unspecified atom stereocenters. The third-order valence-corrected chi connectivity index (χ3v) is 9.52. The van der Waals surface area contributed by atoms with Gasteiger partial charge in [0.2, 0.25) is 0 Å². The molecule has 0 saturated heterocycles. The summed E-state index contributed by atoms with van der Waals surface area (Å²) in [6.45, 7) is 6.78. The lowest BCUT2D eigenvalue weighted by Crippen LogP contribution is -2.35. The van der Waals surface area contributed by atoms with Crippen LogP contribution in [0.4, 0.5) is 0 Å². The first kappa shape index (κ1) is 11.4. The fourth-order valence-corrected chi connectivity index (χ4v) is 3.41. The average Bonchev–Trinajstić information content (AvgIpc) is 2.19. The molecule has 2 radical (unpaired) electrons. The maximum atomic E-state index is 11.9. The zero-order chi connectivity index (χ0) is 10.6. The van der Waals surface area contributed by atoms with Gasteiger partial charge in [-0.3, -0.25) is 4.79 Å². The van der Waals surface area contributed by atoms with Crippen molar-refractivity contribution in [3.8, 4) is 0 Å². The Labute approximate surface area is 89.2 Å². The monoisotopic (exact) mass is 220 g/mol. The fraction of sp³-hybridized carbons (Fsp3) is 0.364. The summed E-state index contributed by atoms with van der Waals surface area (Å²) in [5, 5.41) is 0. The second-order valence-electron chi connectivity index (χ2n) is 4.10. The molecule has 1 rings (SSSR count). The van der Waals surface area contributed by atoms with Gasteiger partial charge in [-0.1, -0.05) is 50.0 Å². The van der Waals surface area contributed by atoms with Crippen LogP contribution < -0.4 is 0 Å². The highest BCUT2D eigenvalue weighted by Gasteiger charge is 2.22. The van der Waals surface area contributed by atoms with E-state index in [4.69, 9.17) is 0 Å². The Bertz CT molecular complexity index is 306. The van der Waals surface area contributed by atoms with Gasteiger partial charge in [0.05, 0.1) is 0 Å². The first-order chi connectivity index (χ1) is 6.55. The van der Waals surface area contributed by atoms with Crippen molar-refractivity contribution in [3.05, 3.63) is 35.9 Å². The first-order valence-electron chi connectivity index (χ1n) is 4.82. The Kier molecular flexibility index (Phi) is 3.83. The van der Waals surface area contributed by atoms with Crippen molar-refractivity contribution < 1.29 is 4.79 Å². The van der Waals surface area contributed by atoms with Gasteiger partial charge in [-0.15, -0.1) is 0 Å². The van der Waals surface area contributed by atoms with Gasteiger partial charge >= 0.3 is 0 Å². The van der Waals surface area contributed by atoms with Crippen molar-refractivity contribution in [2.75, 3.05) is 0 Å². The number of hydrogen-bond donors (Lipinski definition) is 0. The Balaban J connectivity index is 2.69. The molecule has 0 atom stereocenters. The van der Waals surface area contributed by atoms with E-state index in [-0.39, 0.29) is 0 Å². The highest BCUT2D eigenvalue weighted by Crippen LogP contribution is 2.12. The lowest BCUT2D eigenvalue weighted by molar-refractivity contribution is 0.101. The van der Waals surface area contributed by atoms with Crippen LogP contribution in [0.3, 0.4) is 0 Å². The maximum absolute atomic E-state index is 11.9. The summed E-state index contributed by atoms with van der Waals surface area (Å²) in [5.41, 5.74) is 0.867. The Morgan fingerprint density at radius 1 is 1.29 bits per heavy atom. The predicted octanol–water partition coefficient (Wildman–Crippen LogP) is 2.83. The summed E-state index contributed by atoms with van der Waals surface area (Å²) in [6, 6.07) is 10.4. The quantitative estimate of drug-likeness (QED) is 0.563. The molecule has 1 nitrogen and oxygen atoms in total. The summed E-state index contributed by atoms with van der Waals surface area (Å²) in [4.78, 5) is 11.9. The zero-order valence-corrected chi connectivity index (χ0v) is 11.0. The van der Waals surface area contributed by atoms with Crippen LogP contribution >= 0.6 is 0 Å². The summed E-state index contributed by atoms with van der Waals surface area (Å²) >= 11 is 0. The molecule has 0 N–H and O–H groups in total. The fourth-order valence-electron chi connectivity index (χ4n) is 1.22. The van der Waals surface area contributed by atoms with E-state index in [0.717, 1.165) is 20.6 Å². The predicted molar refractivity (Wildman–Crippen MR) is 64.7 cm³/mol. The molecular formula is C11H16OSi2. The van der Waals surface area contributed by atoms with Crippen LogP contribution in [0.25, 0.3) is 0 Å². The molecular weight excluding hydrogens is 204 g/mol. The number of carbonyl (C=O) groups excluding carboxylic acids is 1. The van der Waals surface area contributed by atoms with Crippen molar-refractivity contribution in [1.29, 1.82) is 0 Å². The third-order valence-electron chi connectivity index (χ3n) is 2.38. The molecule has 1 aromatic carbocycles. The molecule has 0 aliphatic heterocycles. The average molecular weight is 220 g/mol. The third kappa shape index (κ3) is 3.23. The second-order valence-corrected chi connectivity index (χ2v) is 14.3. The Hall–Kier alpha value is -0.676. The van der Waals surface area contributed by atoms with Crippen LogP contribution in [0.15, 0.2) is 30.3 Å². The van der Waals surface area contributed by atoms with Gasteiger partial charge in [0, 0.05) is 28.2 Å². The molecule has 1 aromatic rings. The largest absolute Gasteiger partial charge is 0.295 e. The lowest BCUT2D eigenvalue weighted by Gasteiger charge is -2.18. The van der Waals surface area contributed by atoms with Gasteiger partial charge in [-0.2, -0.15) is 0 Å². The van der Waals surface area contributed by atoms with Crippen molar-refractivity contribution >= 4 is 22.4 Å². The van der Waals surface area contributed by atoms with Crippen LogP contribution in [-0.4, -0.2) is 22.4 Å². The molecule has 0 saturated carbocycles. The van der Waals surface area contributed by atoms with Crippen LogP contribution in [0.2, 0.25) is 25.7 Å². The maximum Gasteiger partial charge on any atom is 0.159 e. The van der Waals surface area contributed by atoms with Gasteiger partial charge in [0.1, 0.15) is 0 Å². The first-order valence-corrected chi connectivity index (χ1v) is 10.5. The van der Waals surface area contributed by atoms with E-state index in [1.165, 1.54) is 0 Å². The van der Waals surface area contributed by atoms with Gasteiger partial charge < -0.3 is 0 Å². The molecule has 0 fully saturated rings. The SMILES string of the molecule is C[Si][Si](C)(C)CC(=O)c1ccccc1. The number of benzene rings is 1. The van der Waals surface area contributed by atoms with E-state index >= 15 is 0 Å². The second kappa shape index (κ2) is 4.71. The lowest BCUT2D eigenvalue weighted by atomic mass is 10.2. The zero-order valence-electron chi connectivity index (χ0n) is 9.00. The molecule has 3 heteroatoms.